The Morgan fingerprint density at radius 2 is 1.95 bits per heavy atom. The first-order valence-electron chi connectivity index (χ1n) is 6.44. The van der Waals surface area contributed by atoms with Crippen LogP contribution in [0.25, 0.3) is 0 Å². The third-order valence-electron chi connectivity index (χ3n) is 3.20. The third-order valence-corrected chi connectivity index (χ3v) is 3.20. The van der Waals surface area contributed by atoms with E-state index in [1.807, 2.05) is 6.07 Å². The first-order valence-corrected chi connectivity index (χ1v) is 6.44. The van der Waals surface area contributed by atoms with Gasteiger partial charge in [0.05, 0.1) is 18.2 Å². The van der Waals surface area contributed by atoms with Gasteiger partial charge in [0.15, 0.2) is 0 Å². The molecule has 1 aromatic heterocycles. The van der Waals surface area contributed by atoms with Crippen LogP contribution >= 0.6 is 0 Å². The Bertz CT molecular complexity index is 929. The minimum absolute atomic E-state index is 0.0380. The topological polar surface area (TPSA) is 91.6 Å². The van der Waals surface area contributed by atoms with Gasteiger partial charge in [0.2, 0.25) is 0 Å². The van der Waals surface area contributed by atoms with Gasteiger partial charge in [0.25, 0.3) is 5.56 Å². The van der Waals surface area contributed by atoms with Crippen LogP contribution in [-0.4, -0.2) is 9.13 Å². The van der Waals surface area contributed by atoms with Gasteiger partial charge in [-0.15, -0.1) is 0 Å². The molecule has 0 N–H and O–H groups in total. The van der Waals surface area contributed by atoms with E-state index in [-0.39, 0.29) is 29.8 Å². The molecule has 0 spiro atoms. The average Bonchev–Trinajstić information content (AvgIpc) is 2.53. The van der Waals surface area contributed by atoms with Crippen molar-refractivity contribution in [2.24, 2.45) is 0 Å². The minimum atomic E-state index is -0.779. The van der Waals surface area contributed by atoms with Gasteiger partial charge in [0, 0.05) is 18.3 Å². The van der Waals surface area contributed by atoms with Crippen molar-refractivity contribution in [2.45, 2.75) is 20.0 Å². The number of nitriles is 2. The molecular weight excluding hydrogens is 287 g/mol. The fourth-order valence-electron chi connectivity index (χ4n) is 2.03. The first-order chi connectivity index (χ1) is 10.5. The summed E-state index contributed by atoms with van der Waals surface area (Å²) in [6.07, 6.45) is 1.18. The summed E-state index contributed by atoms with van der Waals surface area (Å²) < 4.78 is 15.8. The van der Waals surface area contributed by atoms with E-state index in [0.717, 1.165) is 10.6 Å². The van der Waals surface area contributed by atoms with Crippen LogP contribution in [0, 0.1) is 28.5 Å². The lowest BCUT2D eigenvalue weighted by atomic mass is 10.1. The Hall–Kier alpha value is -3.19. The maximum absolute atomic E-state index is 13.8. The standard InChI is InChI=1S/C15H11FN4O2/c1-2-19-8-12(7-18)14(21)20(15(19)22)9-11-5-10(6-17)3-4-13(11)16/h3-5,8H,2,9H2,1H3. The maximum atomic E-state index is 13.8. The van der Waals surface area contributed by atoms with Crippen molar-refractivity contribution in [3.05, 3.63) is 67.7 Å². The van der Waals surface area contributed by atoms with E-state index in [1.165, 1.54) is 22.9 Å². The lowest BCUT2D eigenvalue weighted by Crippen LogP contribution is -2.41. The molecule has 110 valence electrons. The third kappa shape index (κ3) is 2.65. The van der Waals surface area contributed by atoms with E-state index in [4.69, 9.17) is 10.5 Å². The van der Waals surface area contributed by atoms with Crippen molar-refractivity contribution in [3.63, 3.8) is 0 Å². The van der Waals surface area contributed by atoms with Gasteiger partial charge >= 0.3 is 5.69 Å². The zero-order chi connectivity index (χ0) is 16.3. The van der Waals surface area contributed by atoms with Crippen molar-refractivity contribution in [3.8, 4) is 12.1 Å². The highest BCUT2D eigenvalue weighted by molar-refractivity contribution is 5.34. The molecule has 0 bridgehead atoms. The van der Waals surface area contributed by atoms with Crippen LogP contribution in [0.15, 0.2) is 34.0 Å². The fraction of sp³-hybridized carbons (Fsp3) is 0.200. The largest absolute Gasteiger partial charge is 0.331 e. The lowest BCUT2D eigenvalue weighted by molar-refractivity contribution is 0.564. The van der Waals surface area contributed by atoms with Crippen LogP contribution in [-0.2, 0) is 13.1 Å². The number of aryl methyl sites for hydroxylation is 1. The number of hydrogen-bond donors (Lipinski definition) is 0. The lowest BCUT2D eigenvalue weighted by Gasteiger charge is -2.10. The molecule has 0 unspecified atom stereocenters. The van der Waals surface area contributed by atoms with Gasteiger partial charge in [-0.1, -0.05) is 0 Å². The van der Waals surface area contributed by atoms with Gasteiger partial charge in [-0.25, -0.2) is 9.18 Å². The zero-order valence-electron chi connectivity index (χ0n) is 11.7. The average molecular weight is 298 g/mol. The highest BCUT2D eigenvalue weighted by atomic mass is 19.1. The van der Waals surface area contributed by atoms with E-state index >= 15 is 0 Å². The molecule has 7 heteroatoms. The molecule has 0 aliphatic heterocycles. The first kappa shape index (κ1) is 15.2. The predicted molar refractivity (Wildman–Crippen MR) is 75.6 cm³/mol. The Morgan fingerprint density at radius 3 is 2.55 bits per heavy atom. The summed E-state index contributed by atoms with van der Waals surface area (Å²) in [6, 6.07) is 7.27. The molecule has 0 saturated carbocycles. The van der Waals surface area contributed by atoms with Gasteiger partial charge in [0.1, 0.15) is 17.4 Å². The summed E-state index contributed by atoms with van der Waals surface area (Å²) in [5.74, 6) is -0.629. The molecule has 1 aromatic carbocycles. The van der Waals surface area contributed by atoms with Crippen molar-refractivity contribution >= 4 is 0 Å². The van der Waals surface area contributed by atoms with Crippen LogP contribution in [0.5, 0.6) is 0 Å². The van der Waals surface area contributed by atoms with Gasteiger partial charge in [-0.3, -0.25) is 13.9 Å². The molecular formula is C15H11FN4O2. The normalized spacial score (nSPS) is 10.0. The fourth-order valence-corrected chi connectivity index (χ4v) is 2.03. The summed E-state index contributed by atoms with van der Waals surface area (Å²) in [4.78, 5) is 24.3. The number of nitrogens with zero attached hydrogens (tertiary/aromatic N) is 4. The minimum Gasteiger partial charge on any atom is -0.299 e. The van der Waals surface area contributed by atoms with Crippen molar-refractivity contribution < 1.29 is 4.39 Å². The van der Waals surface area contributed by atoms with E-state index in [2.05, 4.69) is 0 Å². The van der Waals surface area contributed by atoms with E-state index in [1.54, 1.807) is 13.0 Å². The van der Waals surface area contributed by atoms with Crippen molar-refractivity contribution in [1.29, 1.82) is 10.5 Å². The molecule has 2 rings (SSSR count). The second-order valence-corrected chi connectivity index (χ2v) is 4.53. The highest BCUT2D eigenvalue weighted by Gasteiger charge is 2.13. The maximum Gasteiger partial charge on any atom is 0.331 e. The summed E-state index contributed by atoms with van der Waals surface area (Å²) in [6.45, 7) is 1.62. The summed E-state index contributed by atoms with van der Waals surface area (Å²) >= 11 is 0. The van der Waals surface area contributed by atoms with Gasteiger partial charge < -0.3 is 0 Å². The Morgan fingerprint density at radius 1 is 1.23 bits per heavy atom. The number of benzene rings is 1. The second kappa shape index (κ2) is 6.06. The van der Waals surface area contributed by atoms with Crippen LogP contribution in [0.1, 0.15) is 23.6 Å². The molecule has 1 heterocycles. The molecule has 22 heavy (non-hydrogen) atoms. The Balaban J connectivity index is 2.65. The molecule has 2 aromatic rings. The summed E-state index contributed by atoms with van der Waals surface area (Å²) in [7, 11) is 0. The molecule has 0 amide bonds. The van der Waals surface area contributed by atoms with E-state index in [9.17, 15) is 14.0 Å². The number of hydrogen-bond acceptors (Lipinski definition) is 4. The van der Waals surface area contributed by atoms with Gasteiger partial charge in [-0.2, -0.15) is 10.5 Å². The molecule has 0 aliphatic rings. The zero-order valence-corrected chi connectivity index (χ0v) is 11.7. The Labute approximate surface area is 124 Å². The molecule has 0 saturated heterocycles. The number of halogens is 1. The Kier molecular flexibility index (Phi) is 4.19. The van der Waals surface area contributed by atoms with E-state index in [0.29, 0.717) is 0 Å². The number of aromatic nitrogens is 2. The second-order valence-electron chi connectivity index (χ2n) is 4.53. The van der Waals surface area contributed by atoms with Crippen LogP contribution in [0.3, 0.4) is 0 Å². The molecule has 0 fully saturated rings. The van der Waals surface area contributed by atoms with Crippen molar-refractivity contribution in [2.75, 3.05) is 0 Å². The monoisotopic (exact) mass is 298 g/mol. The molecule has 0 atom stereocenters. The highest BCUT2D eigenvalue weighted by Crippen LogP contribution is 2.10. The van der Waals surface area contributed by atoms with E-state index < -0.39 is 17.1 Å². The molecule has 0 aliphatic carbocycles. The van der Waals surface area contributed by atoms with Crippen LogP contribution in [0.2, 0.25) is 0 Å². The molecule has 6 nitrogen and oxygen atoms in total. The quantitative estimate of drug-likeness (QED) is 0.843. The summed E-state index contributed by atoms with van der Waals surface area (Å²) in [5.41, 5.74) is -1.35. The molecule has 0 radical (unpaired) electrons. The number of rotatable bonds is 3. The van der Waals surface area contributed by atoms with Crippen molar-refractivity contribution in [1.82, 2.24) is 9.13 Å². The SMILES string of the molecule is CCn1cc(C#N)c(=O)n(Cc2cc(C#N)ccc2F)c1=O. The smallest absolute Gasteiger partial charge is 0.299 e. The van der Waals surface area contributed by atoms with Crippen LogP contribution in [0.4, 0.5) is 4.39 Å². The van der Waals surface area contributed by atoms with Gasteiger partial charge in [-0.05, 0) is 25.1 Å². The van der Waals surface area contributed by atoms with Crippen LogP contribution < -0.4 is 11.2 Å². The summed E-state index contributed by atoms with van der Waals surface area (Å²) in [5, 5.41) is 17.8. The predicted octanol–water partition coefficient (Wildman–Crippen LogP) is 0.961.